The second-order valence-corrected chi connectivity index (χ2v) is 34.7. The molecule has 0 radical (unpaired) electrons. The van der Waals surface area contributed by atoms with Crippen molar-refractivity contribution < 1.29 is 105 Å². The molecule has 0 saturated carbocycles. The van der Waals surface area contributed by atoms with E-state index < -0.39 is 120 Å². The summed E-state index contributed by atoms with van der Waals surface area (Å²) in [6, 6.07) is 66.1. The highest BCUT2D eigenvalue weighted by atomic mass is 16.6. The first-order valence-electron chi connectivity index (χ1n) is 50.2. The number of amides is 14. The quantitative estimate of drug-likeness (QED) is 0.0124. The highest BCUT2D eigenvalue weighted by molar-refractivity contribution is 5.93. The van der Waals surface area contributed by atoms with Gasteiger partial charge in [-0.25, -0.2) is 38.4 Å². The topological polar surface area (TPSA) is 481 Å². The third kappa shape index (κ3) is 52.4. The van der Waals surface area contributed by atoms with Crippen LogP contribution in [0.5, 0.6) is 0 Å². The Balaban J connectivity index is 0.860. The Kier molecular flexibility index (Phi) is 56.5. The third-order valence-corrected chi connectivity index (χ3v) is 23.0. The van der Waals surface area contributed by atoms with E-state index in [0.29, 0.717) is 114 Å². The molecule has 0 saturated heterocycles. The first-order valence-corrected chi connectivity index (χ1v) is 50.2. The molecule has 780 valence electrons. The molecule has 0 spiro atoms. The lowest BCUT2D eigenvalue weighted by molar-refractivity contribution is -0.130. The summed E-state index contributed by atoms with van der Waals surface area (Å²) in [5.74, 6) is -3.31. The lowest BCUT2D eigenvalue weighted by atomic mass is 10.0. The standard InChI is InChI=1S/C109H142N14O22/c124-96(90(118-100(128)94(122-108(136)144-80-88-56-26-12-27-57-88)64-34-42-72-116-104(132)140-76-84-48-18-8-19-49-84)60-30-38-68-112-98(126)92(120-106(134)142-78-86-52-22-10-23-53-86)62-32-40-70-114-102(130)138-74-82-44-14-6-15-45-82)110-66-36-4-2-1-3-5-37-67-111-97(125)91(119-101(129)95(123-109(137)145-81-89-58-28-13-29-59-89)65-35-43-73-117-105(133)141-77-85-50-20-9-21-51-85)61-31-39-69-113-99(127)93(121-107(135)143-79-87-54-24-11-25-55-87)63-33-41-71-115-103(131)139-75-83-46-16-7-17-47-83/h6-29,44-59,90-95H,1-5,30-43,60-81H2,(H,110,124)(H,111,125)(H,112,126)(H,113,127)(H,114,130)(H,115,131)(H,116,132)(H,117,133)(H,118,128)(H,119,129)(H,120,134)(H,121,135)(H,122,136)(H,123,137)/t90-,91-,92-,93-,94-,95-/m0/s1. The minimum atomic E-state index is -1.19. The summed E-state index contributed by atoms with van der Waals surface area (Å²) in [6.45, 7) is 1.60. The SMILES string of the molecule is O=C(NCCCC[C@H](NC(=O)OCc1ccccc1)C(=O)NCCCC[C@H](NC(=O)[C@H](CCCCNC(=O)OCc1ccccc1)NC(=O)OCc1ccccc1)C(=O)NCCCCCCCCCNC(=O)[C@H](CCCCNC(=O)[C@H](CCCCNC(=O)OCc1ccccc1)NC(=O)OCc1ccccc1)NC(=O)[C@H](CCCCNC(=O)OCc1ccccc1)NC(=O)OCc1ccccc1)OCc1ccccc1. The zero-order chi connectivity index (χ0) is 103. The van der Waals surface area contributed by atoms with Crippen LogP contribution in [0, 0.1) is 0 Å². The van der Waals surface area contributed by atoms with E-state index >= 15 is 0 Å². The molecule has 8 aromatic rings. The molecule has 6 atom stereocenters. The van der Waals surface area contributed by atoms with Gasteiger partial charge in [0.25, 0.3) is 0 Å². The largest absolute Gasteiger partial charge is 0.445 e. The van der Waals surface area contributed by atoms with E-state index in [0.717, 1.165) is 52.6 Å². The molecule has 0 heterocycles. The number of rotatable bonds is 68. The Morgan fingerprint density at radius 2 is 0.290 bits per heavy atom. The van der Waals surface area contributed by atoms with Crippen LogP contribution in [-0.2, 0) is 120 Å². The second kappa shape index (κ2) is 71.2. The van der Waals surface area contributed by atoms with Crippen molar-refractivity contribution in [1.29, 1.82) is 0 Å². The Morgan fingerprint density at radius 3 is 0.469 bits per heavy atom. The number of hydrogen-bond donors (Lipinski definition) is 14. The lowest BCUT2D eigenvalue weighted by Crippen LogP contribution is -2.54. The van der Waals surface area contributed by atoms with E-state index in [1.165, 1.54) is 0 Å². The van der Waals surface area contributed by atoms with Crippen molar-refractivity contribution in [2.75, 3.05) is 52.4 Å². The molecule has 8 rings (SSSR count). The number of hydrogen-bond acceptors (Lipinski definition) is 22. The monoisotopic (exact) mass is 2000 g/mol. The molecule has 0 unspecified atom stereocenters. The van der Waals surface area contributed by atoms with Gasteiger partial charge in [0.05, 0.1) is 0 Å². The normalized spacial score (nSPS) is 12.0. The van der Waals surface area contributed by atoms with Crippen LogP contribution < -0.4 is 74.4 Å². The molecule has 0 fully saturated rings. The van der Waals surface area contributed by atoms with Crippen LogP contribution in [0.1, 0.15) is 205 Å². The lowest BCUT2D eigenvalue weighted by Gasteiger charge is -2.23. The van der Waals surface area contributed by atoms with Crippen molar-refractivity contribution in [3.05, 3.63) is 287 Å². The molecule has 0 aliphatic heterocycles. The fourth-order valence-corrected chi connectivity index (χ4v) is 15.0. The summed E-state index contributed by atoms with van der Waals surface area (Å²) < 4.78 is 43.5. The van der Waals surface area contributed by atoms with Crippen molar-refractivity contribution >= 4 is 84.2 Å². The summed E-state index contributed by atoms with van der Waals surface area (Å²) in [4.78, 5) is 190. The van der Waals surface area contributed by atoms with Gasteiger partial charge in [-0.3, -0.25) is 28.8 Å². The van der Waals surface area contributed by atoms with Gasteiger partial charge in [0.15, 0.2) is 0 Å². The van der Waals surface area contributed by atoms with E-state index in [2.05, 4.69) is 74.4 Å². The van der Waals surface area contributed by atoms with Crippen LogP contribution in [0.2, 0.25) is 0 Å². The Morgan fingerprint density at radius 1 is 0.152 bits per heavy atom. The summed E-state index contributed by atoms with van der Waals surface area (Å²) in [5, 5.41) is 39.2. The predicted octanol–water partition coefficient (Wildman–Crippen LogP) is 15.1. The van der Waals surface area contributed by atoms with Crippen LogP contribution in [0.3, 0.4) is 0 Å². The van der Waals surface area contributed by atoms with Gasteiger partial charge in [-0.2, -0.15) is 0 Å². The predicted molar refractivity (Wildman–Crippen MR) is 544 cm³/mol. The fourth-order valence-electron chi connectivity index (χ4n) is 15.0. The second-order valence-electron chi connectivity index (χ2n) is 34.7. The smallest absolute Gasteiger partial charge is 0.408 e. The number of carbonyl (C=O) groups excluding carboxylic acids is 14. The molecule has 0 aliphatic carbocycles. The van der Waals surface area contributed by atoms with Gasteiger partial charge in [-0.1, -0.05) is 275 Å². The van der Waals surface area contributed by atoms with E-state index in [1.807, 2.05) is 170 Å². The van der Waals surface area contributed by atoms with Crippen LogP contribution in [-0.4, -0.2) is 173 Å². The molecule has 14 amide bonds. The highest BCUT2D eigenvalue weighted by Gasteiger charge is 2.31. The molecule has 36 heteroatoms. The van der Waals surface area contributed by atoms with Crippen molar-refractivity contribution in [3.63, 3.8) is 0 Å². The highest BCUT2D eigenvalue weighted by Crippen LogP contribution is 2.17. The Bertz CT molecular complexity index is 4780. The van der Waals surface area contributed by atoms with E-state index in [1.54, 1.807) is 72.8 Å². The van der Waals surface area contributed by atoms with Gasteiger partial charge >= 0.3 is 48.7 Å². The molecule has 0 aliphatic rings. The summed E-state index contributed by atoms with van der Waals surface area (Å²) in [7, 11) is 0. The van der Waals surface area contributed by atoms with Crippen LogP contribution in [0.4, 0.5) is 38.4 Å². The number of unbranched alkanes of at least 4 members (excludes halogenated alkanes) is 12. The van der Waals surface area contributed by atoms with Crippen molar-refractivity contribution in [2.24, 2.45) is 0 Å². The minimum Gasteiger partial charge on any atom is -0.445 e. The number of alkyl carbamates (subject to hydrolysis) is 8. The summed E-state index contributed by atoms with van der Waals surface area (Å²) in [6.07, 6.45) is 4.27. The number of ether oxygens (including phenoxy) is 8. The Labute approximate surface area is 848 Å². The first kappa shape index (κ1) is 115. The summed E-state index contributed by atoms with van der Waals surface area (Å²) >= 11 is 0. The van der Waals surface area contributed by atoms with Crippen molar-refractivity contribution in [3.8, 4) is 0 Å². The molecule has 0 aromatic heterocycles. The van der Waals surface area contributed by atoms with Gasteiger partial charge in [0.1, 0.15) is 89.1 Å². The van der Waals surface area contributed by atoms with Crippen LogP contribution >= 0.6 is 0 Å². The van der Waals surface area contributed by atoms with Crippen LogP contribution in [0.15, 0.2) is 243 Å². The molecular formula is C109H142N14O22. The van der Waals surface area contributed by atoms with E-state index in [-0.39, 0.29) is 144 Å². The van der Waals surface area contributed by atoms with Gasteiger partial charge in [0, 0.05) is 52.4 Å². The van der Waals surface area contributed by atoms with E-state index in [9.17, 15) is 67.1 Å². The zero-order valence-electron chi connectivity index (χ0n) is 82.5. The van der Waals surface area contributed by atoms with Gasteiger partial charge in [-0.15, -0.1) is 0 Å². The van der Waals surface area contributed by atoms with Gasteiger partial charge < -0.3 is 112 Å². The maximum atomic E-state index is 14.6. The Hall–Kier alpha value is -15.3. The van der Waals surface area contributed by atoms with Crippen molar-refractivity contribution in [1.82, 2.24) is 74.4 Å². The first-order chi connectivity index (χ1) is 70.8. The average Bonchev–Trinajstić information content (AvgIpc) is 0.879. The summed E-state index contributed by atoms with van der Waals surface area (Å²) in [5.41, 5.74) is 6.15. The molecule has 145 heavy (non-hydrogen) atoms. The maximum Gasteiger partial charge on any atom is 0.408 e. The maximum absolute atomic E-state index is 14.6. The molecule has 14 N–H and O–H groups in total. The molecule has 36 nitrogen and oxygen atoms in total. The minimum absolute atomic E-state index is 0.0428. The van der Waals surface area contributed by atoms with Gasteiger partial charge in [0.2, 0.25) is 35.4 Å². The zero-order valence-corrected chi connectivity index (χ0v) is 82.5. The number of nitrogens with one attached hydrogen (secondary N) is 14. The third-order valence-electron chi connectivity index (χ3n) is 23.0. The number of benzene rings is 8. The number of carbonyl (C=O) groups is 14. The van der Waals surface area contributed by atoms with Crippen LogP contribution in [0.25, 0.3) is 0 Å². The fraction of sp³-hybridized carbons (Fsp3) is 0.431. The van der Waals surface area contributed by atoms with Crippen molar-refractivity contribution in [2.45, 2.75) is 250 Å². The van der Waals surface area contributed by atoms with Gasteiger partial charge in [-0.05, 0) is 173 Å². The molecule has 0 bridgehead atoms. The molecule has 8 aromatic carbocycles. The molecular weight excluding hydrogens is 1860 g/mol. The van der Waals surface area contributed by atoms with E-state index in [4.69, 9.17) is 37.9 Å². The average molecular weight is 2000 g/mol.